The molecule has 4 nitrogen and oxygen atoms in total. The normalized spacial score (nSPS) is 10.6. The standard InChI is InChI=1S/C18H15ClN2O2S/c1-20-17(22)12-6-4-5-11(9-12)10-21-18(23)16-15(19)13-7-2-3-8-14(13)24-16/h2-9H,10H2,1H3,(H,20,22)(H,21,23). The van der Waals surface area contributed by atoms with E-state index in [0.717, 1.165) is 15.6 Å². The van der Waals surface area contributed by atoms with Gasteiger partial charge in [-0.15, -0.1) is 11.3 Å². The summed E-state index contributed by atoms with van der Waals surface area (Å²) in [6.07, 6.45) is 0. The summed E-state index contributed by atoms with van der Waals surface area (Å²) in [7, 11) is 1.58. The fourth-order valence-electron chi connectivity index (χ4n) is 2.39. The van der Waals surface area contributed by atoms with Crippen LogP contribution in [0.15, 0.2) is 48.5 Å². The molecule has 2 N–H and O–H groups in total. The minimum Gasteiger partial charge on any atom is -0.355 e. The van der Waals surface area contributed by atoms with Gasteiger partial charge in [-0.3, -0.25) is 9.59 Å². The molecule has 0 spiro atoms. The number of carbonyl (C=O) groups is 2. The van der Waals surface area contributed by atoms with E-state index in [2.05, 4.69) is 10.6 Å². The van der Waals surface area contributed by atoms with Crippen molar-refractivity contribution in [2.24, 2.45) is 0 Å². The lowest BCUT2D eigenvalue weighted by atomic mass is 10.1. The molecule has 0 aliphatic carbocycles. The highest BCUT2D eigenvalue weighted by atomic mass is 35.5. The molecule has 0 unspecified atom stereocenters. The van der Waals surface area contributed by atoms with E-state index in [1.807, 2.05) is 30.3 Å². The van der Waals surface area contributed by atoms with E-state index in [-0.39, 0.29) is 11.8 Å². The Balaban J connectivity index is 1.75. The van der Waals surface area contributed by atoms with Crippen molar-refractivity contribution >= 4 is 44.8 Å². The van der Waals surface area contributed by atoms with E-state index >= 15 is 0 Å². The van der Waals surface area contributed by atoms with Crippen molar-refractivity contribution in [3.63, 3.8) is 0 Å². The van der Waals surface area contributed by atoms with Crippen LogP contribution in [0.5, 0.6) is 0 Å². The van der Waals surface area contributed by atoms with Crippen molar-refractivity contribution in [3.05, 3.63) is 69.6 Å². The first-order valence-electron chi connectivity index (χ1n) is 7.36. The van der Waals surface area contributed by atoms with E-state index in [1.165, 1.54) is 11.3 Å². The topological polar surface area (TPSA) is 58.2 Å². The van der Waals surface area contributed by atoms with Crippen LogP contribution in [0, 0.1) is 0 Å². The average Bonchev–Trinajstić information content (AvgIpc) is 2.96. The van der Waals surface area contributed by atoms with Crippen LogP contribution >= 0.6 is 22.9 Å². The van der Waals surface area contributed by atoms with Gasteiger partial charge >= 0.3 is 0 Å². The van der Waals surface area contributed by atoms with Gasteiger partial charge in [0.1, 0.15) is 4.88 Å². The third kappa shape index (κ3) is 3.27. The van der Waals surface area contributed by atoms with Crippen LogP contribution in [-0.4, -0.2) is 18.9 Å². The summed E-state index contributed by atoms with van der Waals surface area (Å²) in [5, 5.41) is 6.80. The largest absolute Gasteiger partial charge is 0.355 e. The van der Waals surface area contributed by atoms with Crippen LogP contribution in [-0.2, 0) is 6.54 Å². The number of hydrogen-bond acceptors (Lipinski definition) is 3. The molecule has 1 aromatic heterocycles. The Morgan fingerprint density at radius 3 is 2.62 bits per heavy atom. The maximum atomic E-state index is 12.4. The Morgan fingerprint density at radius 2 is 1.88 bits per heavy atom. The second kappa shape index (κ2) is 7.03. The minimum absolute atomic E-state index is 0.157. The van der Waals surface area contributed by atoms with E-state index in [0.29, 0.717) is 22.0 Å². The first-order valence-corrected chi connectivity index (χ1v) is 8.56. The number of hydrogen-bond donors (Lipinski definition) is 2. The summed E-state index contributed by atoms with van der Waals surface area (Å²) >= 11 is 7.69. The molecule has 0 radical (unpaired) electrons. The number of fused-ring (bicyclic) bond motifs is 1. The van der Waals surface area contributed by atoms with Crippen LogP contribution in [0.25, 0.3) is 10.1 Å². The fraction of sp³-hybridized carbons (Fsp3) is 0.111. The molecule has 0 saturated carbocycles. The maximum absolute atomic E-state index is 12.4. The molecular weight excluding hydrogens is 344 g/mol. The molecule has 122 valence electrons. The molecule has 0 aliphatic heterocycles. The van der Waals surface area contributed by atoms with Gasteiger partial charge in [-0.05, 0) is 23.8 Å². The van der Waals surface area contributed by atoms with Gasteiger partial charge in [-0.25, -0.2) is 0 Å². The number of amides is 2. The third-order valence-corrected chi connectivity index (χ3v) is 5.28. The Bertz CT molecular complexity index is 920. The number of halogens is 1. The highest BCUT2D eigenvalue weighted by molar-refractivity contribution is 7.21. The highest BCUT2D eigenvalue weighted by Crippen LogP contribution is 2.34. The predicted molar refractivity (Wildman–Crippen MR) is 97.8 cm³/mol. The summed E-state index contributed by atoms with van der Waals surface area (Å²) in [4.78, 5) is 24.6. The van der Waals surface area contributed by atoms with E-state index in [9.17, 15) is 9.59 Å². The van der Waals surface area contributed by atoms with Crippen molar-refractivity contribution in [1.29, 1.82) is 0 Å². The van der Waals surface area contributed by atoms with Gasteiger partial charge in [0, 0.05) is 29.2 Å². The SMILES string of the molecule is CNC(=O)c1cccc(CNC(=O)c2sc3ccccc3c2Cl)c1. The summed E-state index contributed by atoms with van der Waals surface area (Å²) in [6.45, 7) is 0.328. The number of carbonyl (C=O) groups excluding carboxylic acids is 2. The zero-order valence-corrected chi connectivity index (χ0v) is 14.5. The monoisotopic (exact) mass is 358 g/mol. The summed E-state index contributed by atoms with van der Waals surface area (Å²) in [5.74, 6) is -0.373. The van der Waals surface area contributed by atoms with E-state index < -0.39 is 0 Å². The second-order valence-corrected chi connectivity index (χ2v) is 6.63. The van der Waals surface area contributed by atoms with Crippen LogP contribution < -0.4 is 10.6 Å². The first kappa shape index (κ1) is 16.5. The molecular formula is C18H15ClN2O2S. The molecule has 24 heavy (non-hydrogen) atoms. The van der Waals surface area contributed by atoms with Crippen LogP contribution in [0.1, 0.15) is 25.6 Å². The summed E-state index contributed by atoms with van der Waals surface area (Å²) in [6, 6.07) is 14.8. The molecule has 0 fully saturated rings. The Hall–Kier alpha value is -2.37. The summed E-state index contributed by atoms with van der Waals surface area (Å²) < 4.78 is 0.981. The maximum Gasteiger partial charge on any atom is 0.263 e. The molecule has 3 rings (SSSR count). The molecule has 0 saturated heterocycles. The number of benzene rings is 2. The van der Waals surface area contributed by atoms with E-state index in [4.69, 9.17) is 11.6 Å². The van der Waals surface area contributed by atoms with Crippen molar-refractivity contribution in [2.45, 2.75) is 6.54 Å². The Labute approximate surface area is 148 Å². The Kier molecular flexibility index (Phi) is 4.83. The molecule has 3 aromatic rings. The lowest BCUT2D eigenvalue weighted by Crippen LogP contribution is -2.23. The lowest BCUT2D eigenvalue weighted by Gasteiger charge is -2.06. The quantitative estimate of drug-likeness (QED) is 0.744. The number of thiophene rings is 1. The van der Waals surface area contributed by atoms with Gasteiger partial charge in [0.05, 0.1) is 5.02 Å². The molecule has 0 bridgehead atoms. The second-order valence-electron chi connectivity index (χ2n) is 5.20. The molecule has 2 amide bonds. The fourth-order valence-corrected chi connectivity index (χ4v) is 3.82. The molecule has 0 atom stereocenters. The average molecular weight is 359 g/mol. The molecule has 6 heteroatoms. The van der Waals surface area contributed by atoms with Crippen LogP contribution in [0.2, 0.25) is 5.02 Å². The van der Waals surface area contributed by atoms with E-state index in [1.54, 1.807) is 25.2 Å². The smallest absolute Gasteiger partial charge is 0.263 e. The van der Waals surface area contributed by atoms with Gasteiger partial charge < -0.3 is 10.6 Å². The molecule has 2 aromatic carbocycles. The summed E-state index contributed by atoms with van der Waals surface area (Å²) in [5.41, 5.74) is 1.41. The van der Waals surface area contributed by atoms with Crippen LogP contribution in [0.3, 0.4) is 0 Å². The van der Waals surface area contributed by atoms with Crippen molar-refractivity contribution in [3.8, 4) is 0 Å². The van der Waals surface area contributed by atoms with Crippen molar-refractivity contribution in [2.75, 3.05) is 7.05 Å². The zero-order chi connectivity index (χ0) is 17.1. The number of nitrogens with one attached hydrogen (secondary N) is 2. The zero-order valence-electron chi connectivity index (χ0n) is 12.9. The van der Waals surface area contributed by atoms with Gasteiger partial charge in [0.2, 0.25) is 0 Å². The van der Waals surface area contributed by atoms with Gasteiger partial charge in [0.25, 0.3) is 11.8 Å². The van der Waals surface area contributed by atoms with Crippen molar-refractivity contribution < 1.29 is 9.59 Å². The number of rotatable bonds is 4. The molecule has 0 aliphatic rings. The highest BCUT2D eigenvalue weighted by Gasteiger charge is 2.16. The third-order valence-electron chi connectivity index (χ3n) is 3.61. The Morgan fingerprint density at radius 1 is 1.08 bits per heavy atom. The van der Waals surface area contributed by atoms with Gasteiger partial charge in [0.15, 0.2) is 0 Å². The molecule has 1 heterocycles. The first-order chi connectivity index (χ1) is 11.6. The lowest BCUT2D eigenvalue weighted by molar-refractivity contribution is 0.0952. The van der Waals surface area contributed by atoms with Crippen LogP contribution in [0.4, 0.5) is 0 Å². The van der Waals surface area contributed by atoms with Gasteiger partial charge in [-0.2, -0.15) is 0 Å². The van der Waals surface area contributed by atoms with Crippen molar-refractivity contribution in [1.82, 2.24) is 10.6 Å². The van der Waals surface area contributed by atoms with Gasteiger partial charge in [-0.1, -0.05) is 41.9 Å². The predicted octanol–water partition coefficient (Wildman–Crippen LogP) is 3.84. The minimum atomic E-state index is -0.216.